The summed E-state index contributed by atoms with van der Waals surface area (Å²) in [5.41, 5.74) is 1.58. The molecule has 1 aromatic heterocycles. The van der Waals surface area contributed by atoms with Crippen LogP contribution < -0.4 is 0 Å². The van der Waals surface area contributed by atoms with E-state index in [4.69, 9.17) is 23.2 Å². The van der Waals surface area contributed by atoms with E-state index in [-0.39, 0.29) is 5.82 Å². The summed E-state index contributed by atoms with van der Waals surface area (Å²) in [4.78, 5) is 4.14. The zero-order chi connectivity index (χ0) is 13.4. The predicted octanol–water partition coefficient (Wildman–Crippen LogP) is 5.35. The van der Waals surface area contributed by atoms with Crippen molar-refractivity contribution >= 4 is 34.0 Å². The molecular weight excluding hydrogens is 284 g/mol. The Morgan fingerprint density at radius 3 is 2.11 bits per heavy atom. The van der Waals surface area contributed by atoms with Crippen LogP contribution in [-0.2, 0) is 0 Å². The van der Waals surface area contributed by atoms with Crippen LogP contribution in [0.15, 0.2) is 48.5 Å². The van der Waals surface area contributed by atoms with Crippen LogP contribution in [0.1, 0.15) is 0 Å². The Kier molecular flexibility index (Phi) is 3.13. The van der Waals surface area contributed by atoms with E-state index in [1.165, 1.54) is 12.1 Å². The molecule has 19 heavy (non-hydrogen) atoms. The maximum absolute atomic E-state index is 13.0. The molecule has 3 rings (SSSR count). The zero-order valence-electron chi connectivity index (χ0n) is 9.70. The Morgan fingerprint density at radius 1 is 0.789 bits per heavy atom. The van der Waals surface area contributed by atoms with Crippen molar-refractivity contribution in [2.24, 2.45) is 0 Å². The van der Waals surface area contributed by atoms with E-state index in [0.29, 0.717) is 10.3 Å². The third kappa shape index (κ3) is 2.18. The van der Waals surface area contributed by atoms with Gasteiger partial charge in [0.2, 0.25) is 0 Å². The van der Waals surface area contributed by atoms with Crippen LogP contribution in [0, 0.1) is 5.82 Å². The molecule has 3 aromatic rings. The highest BCUT2D eigenvalue weighted by atomic mass is 35.5. The lowest BCUT2D eigenvalue weighted by Gasteiger charge is -2.10. The number of nitrogens with zero attached hydrogens (tertiary/aromatic N) is 1. The van der Waals surface area contributed by atoms with E-state index < -0.39 is 0 Å². The number of halogens is 3. The second-order valence-electron chi connectivity index (χ2n) is 4.12. The number of benzene rings is 2. The quantitative estimate of drug-likeness (QED) is 0.551. The molecule has 2 aromatic carbocycles. The van der Waals surface area contributed by atoms with Crippen molar-refractivity contribution < 1.29 is 4.39 Å². The SMILES string of the molecule is Fc1ccc(-c2c(Cl)nc(Cl)c3ccccc23)cc1. The number of fused-ring (bicyclic) bond motifs is 1. The van der Waals surface area contributed by atoms with E-state index in [1.54, 1.807) is 12.1 Å². The minimum atomic E-state index is -0.286. The molecule has 0 aliphatic carbocycles. The molecule has 94 valence electrons. The molecule has 0 radical (unpaired) electrons. The molecule has 1 nitrogen and oxygen atoms in total. The van der Waals surface area contributed by atoms with Crippen molar-refractivity contribution in [1.82, 2.24) is 4.98 Å². The standard InChI is InChI=1S/C15H8Cl2FN/c16-14-12-4-2-1-3-11(12)13(15(17)19-14)9-5-7-10(18)8-6-9/h1-8H. The van der Waals surface area contributed by atoms with Crippen molar-refractivity contribution in [3.8, 4) is 11.1 Å². The van der Waals surface area contributed by atoms with E-state index in [1.807, 2.05) is 24.3 Å². The van der Waals surface area contributed by atoms with Crippen molar-refractivity contribution in [1.29, 1.82) is 0 Å². The van der Waals surface area contributed by atoms with Gasteiger partial charge in [-0.2, -0.15) is 0 Å². The molecule has 0 aliphatic rings. The third-order valence-electron chi connectivity index (χ3n) is 2.95. The largest absolute Gasteiger partial charge is 0.223 e. The lowest BCUT2D eigenvalue weighted by molar-refractivity contribution is 0.628. The molecule has 0 fully saturated rings. The molecule has 0 atom stereocenters. The average molecular weight is 292 g/mol. The first-order chi connectivity index (χ1) is 9.16. The number of hydrogen-bond donors (Lipinski definition) is 0. The molecule has 0 saturated carbocycles. The van der Waals surface area contributed by atoms with Gasteiger partial charge in [-0.05, 0) is 23.1 Å². The fourth-order valence-corrected chi connectivity index (χ4v) is 2.67. The van der Waals surface area contributed by atoms with Crippen LogP contribution in [0.5, 0.6) is 0 Å². The molecule has 0 spiro atoms. The Bertz CT molecular complexity index is 754. The van der Waals surface area contributed by atoms with Crippen LogP contribution in [0.25, 0.3) is 21.9 Å². The number of rotatable bonds is 1. The summed E-state index contributed by atoms with van der Waals surface area (Å²) in [5, 5.41) is 2.41. The summed E-state index contributed by atoms with van der Waals surface area (Å²) in [7, 11) is 0. The second-order valence-corrected chi connectivity index (χ2v) is 4.84. The van der Waals surface area contributed by atoms with Crippen molar-refractivity contribution in [3.63, 3.8) is 0 Å². The fourth-order valence-electron chi connectivity index (χ4n) is 2.09. The molecule has 0 unspecified atom stereocenters. The van der Waals surface area contributed by atoms with Crippen molar-refractivity contribution in [3.05, 3.63) is 64.7 Å². The highest BCUT2D eigenvalue weighted by Gasteiger charge is 2.13. The Hall–Kier alpha value is -1.64. The van der Waals surface area contributed by atoms with Crippen LogP contribution >= 0.6 is 23.2 Å². The van der Waals surface area contributed by atoms with Gasteiger partial charge in [-0.1, -0.05) is 59.6 Å². The molecule has 4 heteroatoms. The number of pyridine rings is 1. The lowest BCUT2D eigenvalue weighted by atomic mass is 10.0. The lowest BCUT2D eigenvalue weighted by Crippen LogP contribution is -1.89. The summed E-state index contributed by atoms with van der Waals surface area (Å²) in [6, 6.07) is 13.8. The van der Waals surface area contributed by atoms with Crippen molar-refractivity contribution in [2.75, 3.05) is 0 Å². The first kappa shape index (κ1) is 12.4. The van der Waals surface area contributed by atoms with Gasteiger partial charge in [0, 0.05) is 10.9 Å². The number of hydrogen-bond acceptors (Lipinski definition) is 1. The van der Waals surface area contributed by atoms with Crippen LogP contribution in [0.2, 0.25) is 10.3 Å². The topological polar surface area (TPSA) is 12.9 Å². The summed E-state index contributed by atoms with van der Waals surface area (Å²) in [6.07, 6.45) is 0. The third-order valence-corrected chi connectivity index (χ3v) is 3.52. The molecule has 0 aliphatic heterocycles. The van der Waals surface area contributed by atoms with Gasteiger partial charge in [-0.3, -0.25) is 0 Å². The van der Waals surface area contributed by atoms with Crippen LogP contribution in [0.3, 0.4) is 0 Å². The Balaban J connectivity index is 2.37. The van der Waals surface area contributed by atoms with Gasteiger partial charge in [0.15, 0.2) is 0 Å². The molecule has 0 N–H and O–H groups in total. The fraction of sp³-hybridized carbons (Fsp3) is 0. The predicted molar refractivity (Wildman–Crippen MR) is 77.2 cm³/mol. The Morgan fingerprint density at radius 2 is 1.42 bits per heavy atom. The van der Waals surface area contributed by atoms with Gasteiger partial charge in [-0.25, -0.2) is 9.37 Å². The van der Waals surface area contributed by atoms with E-state index in [0.717, 1.165) is 21.9 Å². The van der Waals surface area contributed by atoms with Gasteiger partial charge in [0.25, 0.3) is 0 Å². The minimum absolute atomic E-state index is 0.286. The van der Waals surface area contributed by atoms with Gasteiger partial charge in [0.05, 0.1) is 0 Å². The summed E-state index contributed by atoms with van der Waals surface area (Å²) >= 11 is 12.3. The maximum Gasteiger partial charge on any atom is 0.139 e. The second kappa shape index (κ2) is 4.80. The summed E-state index contributed by atoms with van der Waals surface area (Å²) < 4.78 is 13.0. The Labute approximate surface area is 119 Å². The van der Waals surface area contributed by atoms with E-state index in [2.05, 4.69) is 4.98 Å². The monoisotopic (exact) mass is 291 g/mol. The minimum Gasteiger partial charge on any atom is -0.223 e. The molecular formula is C15H8Cl2FN. The average Bonchev–Trinajstić information content (AvgIpc) is 2.41. The molecule has 0 saturated heterocycles. The van der Waals surface area contributed by atoms with Crippen molar-refractivity contribution in [2.45, 2.75) is 0 Å². The van der Waals surface area contributed by atoms with Gasteiger partial charge >= 0.3 is 0 Å². The molecule has 0 amide bonds. The van der Waals surface area contributed by atoms with Crippen LogP contribution in [0.4, 0.5) is 4.39 Å². The van der Waals surface area contributed by atoms with E-state index >= 15 is 0 Å². The first-order valence-electron chi connectivity index (χ1n) is 5.66. The smallest absolute Gasteiger partial charge is 0.139 e. The van der Waals surface area contributed by atoms with Gasteiger partial charge in [-0.15, -0.1) is 0 Å². The highest BCUT2D eigenvalue weighted by Crippen LogP contribution is 2.36. The normalized spacial score (nSPS) is 10.9. The maximum atomic E-state index is 13.0. The molecule has 1 heterocycles. The first-order valence-corrected chi connectivity index (χ1v) is 6.42. The number of aromatic nitrogens is 1. The van der Waals surface area contributed by atoms with E-state index in [9.17, 15) is 4.39 Å². The highest BCUT2D eigenvalue weighted by molar-refractivity contribution is 6.38. The van der Waals surface area contributed by atoms with Crippen LogP contribution in [-0.4, -0.2) is 4.98 Å². The molecule has 0 bridgehead atoms. The summed E-state index contributed by atoms with van der Waals surface area (Å²) in [6.45, 7) is 0. The summed E-state index contributed by atoms with van der Waals surface area (Å²) in [5.74, 6) is -0.286. The zero-order valence-corrected chi connectivity index (χ0v) is 11.2. The van der Waals surface area contributed by atoms with Gasteiger partial charge in [0.1, 0.15) is 16.1 Å². The van der Waals surface area contributed by atoms with Gasteiger partial charge < -0.3 is 0 Å².